The summed E-state index contributed by atoms with van der Waals surface area (Å²) in [4.78, 5) is 0. The Hall–Kier alpha value is -1.36. The highest BCUT2D eigenvalue weighted by atomic mass is 35.5. The van der Waals surface area contributed by atoms with E-state index in [0.29, 0.717) is 17.3 Å². The lowest BCUT2D eigenvalue weighted by atomic mass is 10.0. The second-order valence-electron chi connectivity index (χ2n) is 7.28. The summed E-state index contributed by atoms with van der Waals surface area (Å²) in [7, 11) is 0. The number of halogens is 1. The number of hydrogen-bond acceptors (Lipinski definition) is 4. The molecule has 0 aliphatic heterocycles. The van der Waals surface area contributed by atoms with Crippen LogP contribution in [0.5, 0.6) is 0 Å². The third kappa shape index (κ3) is 3.91. The van der Waals surface area contributed by atoms with Crippen molar-refractivity contribution in [3.8, 4) is 0 Å². The van der Waals surface area contributed by atoms with Gasteiger partial charge in [-0.2, -0.15) is 0 Å². The molecule has 0 spiro atoms. The molecule has 1 aliphatic rings. The molecule has 0 bridgehead atoms. The van der Waals surface area contributed by atoms with Gasteiger partial charge < -0.3 is 10.0 Å². The average Bonchev–Trinajstić information content (AvgIpc) is 3.15. The van der Waals surface area contributed by atoms with E-state index in [9.17, 15) is 0 Å². The quantitative estimate of drug-likeness (QED) is 0.544. The molecule has 0 heterocycles. The van der Waals surface area contributed by atoms with E-state index in [1.807, 2.05) is 12.1 Å². The van der Waals surface area contributed by atoms with E-state index in [0.717, 1.165) is 41.5 Å². The Labute approximate surface area is 160 Å². The lowest BCUT2D eigenvalue weighted by molar-refractivity contribution is 0.565. The molecule has 0 amide bonds. The minimum atomic E-state index is 0.301. The summed E-state index contributed by atoms with van der Waals surface area (Å²) in [5.41, 5.74) is 5.21. The molecule has 5 heteroatoms. The highest BCUT2D eigenvalue weighted by Gasteiger charge is 2.57. The highest BCUT2D eigenvalue weighted by Crippen LogP contribution is 2.64. The van der Waals surface area contributed by atoms with Crippen LogP contribution in [-0.4, -0.2) is 6.54 Å². The summed E-state index contributed by atoms with van der Waals surface area (Å²) >= 11 is 7.29. The highest BCUT2D eigenvalue weighted by molar-refractivity contribution is 7.98. The van der Waals surface area contributed by atoms with E-state index in [-0.39, 0.29) is 0 Å². The van der Waals surface area contributed by atoms with Crippen LogP contribution in [0.4, 0.5) is 11.4 Å². The van der Waals surface area contributed by atoms with Crippen LogP contribution >= 0.6 is 23.7 Å². The number of hydrogen-bond donors (Lipinski definition) is 3. The second kappa shape index (κ2) is 7.48. The van der Waals surface area contributed by atoms with Gasteiger partial charge >= 0.3 is 0 Å². The number of aryl methyl sites for hydroxylation is 1. The summed E-state index contributed by atoms with van der Waals surface area (Å²) in [6, 6.07) is 14.7. The lowest BCUT2D eigenvalue weighted by Crippen LogP contribution is -2.09. The zero-order valence-corrected chi connectivity index (χ0v) is 16.5. The number of benzene rings is 2. The molecule has 2 aromatic rings. The van der Waals surface area contributed by atoms with E-state index in [1.54, 1.807) is 0 Å². The number of anilines is 2. The zero-order valence-electron chi connectivity index (χ0n) is 15.0. The van der Waals surface area contributed by atoms with Gasteiger partial charge in [-0.3, -0.25) is 5.14 Å². The van der Waals surface area contributed by atoms with Crippen LogP contribution in [0.25, 0.3) is 0 Å². The Kier molecular flexibility index (Phi) is 5.52. The van der Waals surface area contributed by atoms with E-state index >= 15 is 0 Å². The smallest absolute Gasteiger partial charge is 0.0452 e. The first-order chi connectivity index (χ1) is 12.0. The van der Waals surface area contributed by atoms with Gasteiger partial charge in [-0.15, -0.1) is 0 Å². The minimum absolute atomic E-state index is 0.301. The van der Waals surface area contributed by atoms with Gasteiger partial charge in [0.05, 0.1) is 0 Å². The Morgan fingerprint density at radius 2 is 1.88 bits per heavy atom. The van der Waals surface area contributed by atoms with Crippen LogP contribution < -0.4 is 15.2 Å². The maximum Gasteiger partial charge on any atom is 0.0452 e. The van der Waals surface area contributed by atoms with Crippen molar-refractivity contribution in [1.82, 2.24) is 0 Å². The summed E-state index contributed by atoms with van der Waals surface area (Å²) in [6.45, 7) is 7.84. The minimum Gasteiger partial charge on any atom is -0.384 e. The van der Waals surface area contributed by atoms with Crippen LogP contribution in [-0.2, 0) is 6.42 Å². The third-order valence-electron chi connectivity index (χ3n) is 5.46. The molecule has 2 unspecified atom stereocenters. The van der Waals surface area contributed by atoms with Gasteiger partial charge in [0, 0.05) is 35.1 Å². The summed E-state index contributed by atoms with van der Waals surface area (Å²) in [5.74, 6) is 1.18. The van der Waals surface area contributed by atoms with Crippen LogP contribution in [0.3, 0.4) is 0 Å². The van der Waals surface area contributed by atoms with Gasteiger partial charge in [0.15, 0.2) is 0 Å². The molecule has 2 aromatic carbocycles. The SMILES string of the molecule is CCc1ccc(Cl)cc1NCC1C(c2ccc(NSN)cc2)C1(C)C. The second-order valence-corrected chi connectivity index (χ2v) is 8.16. The van der Waals surface area contributed by atoms with Crippen molar-refractivity contribution in [1.29, 1.82) is 0 Å². The van der Waals surface area contributed by atoms with E-state index in [2.05, 4.69) is 61.1 Å². The fourth-order valence-electron chi connectivity index (χ4n) is 3.85. The molecule has 0 aromatic heterocycles. The zero-order chi connectivity index (χ0) is 18.0. The van der Waals surface area contributed by atoms with Crippen LogP contribution in [0.2, 0.25) is 5.02 Å². The maximum atomic E-state index is 6.17. The van der Waals surface area contributed by atoms with Crippen LogP contribution in [0.1, 0.15) is 37.8 Å². The van der Waals surface area contributed by atoms with Gasteiger partial charge in [-0.25, -0.2) is 0 Å². The van der Waals surface area contributed by atoms with E-state index < -0.39 is 0 Å². The molecule has 0 saturated heterocycles. The first-order valence-electron chi connectivity index (χ1n) is 8.71. The third-order valence-corrected chi connectivity index (χ3v) is 6.05. The van der Waals surface area contributed by atoms with Crippen molar-refractivity contribution in [2.45, 2.75) is 33.1 Å². The number of nitrogens with one attached hydrogen (secondary N) is 2. The molecular weight excluding hydrogens is 350 g/mol. The van der Waals surface area contributed by atoms with Crippen LogP contribution in [0, 0.1) is 11.3 Å². The molecule has 1 saturated carbocycles. The summed E-state index contributed by atoms with van der Waals surface area (Å²) in [5, 5.41) is 9.87. The largest absolute Gasteiger partial charge is 0.384 e. The monoisotopic (exact) mass is 375 g/mol. The van der Waals surface area contributed by atoms with Gasteiger partial charge in [-0.1, -0.05) is 50.6 Å². The standard InChI is InChI=1S/C20H26ClN3S/c1-4-13-5-8-15(21)11-18(13)23-12-17-19(20(17,2)3)14-6-9-16(10-7-14)24-25-22/h5-11,17,19,23-24H,4,12,22H2,1-3H3. The van der Waals surface area contributed by atoms with Gasteiger partial charge in [0.2, 0.25) is 0 Å². The normalized spacial score (nSPS) is 21.0. The molecule has 3 nitrogen and oxygen atoms in total. The summed E-state index contributed by atoms with van der Waals surface area (Å²) < 4.78 is 3.06. The molecular formula is C20H26ClN3S. The van der Waals surface area contributed by atoms with E-state index in [1.165, 1.54) is 11.1 Å². The molecule has 25 heavy (non-hydrogen) atoms. The van der Waals surface area contributed by atoms with Gasteiger partial charge in [0.25, 0.3) is 0 Å². The topological polar surface area (TPSA) is 50.1 Å². The van der Waals surface area contributed by atoms with Crippen molar-refractivity contribution in [3.05, 3.63) is 58.6 Å². The van der Waals surface area contributed by atoms with Crippen molar-refractivity contribution in [3.63, 3.8) is 0 Å². The molecule has 3 rings (SSSR count). The molecule has 1 fully saturated rings. The predicted octanol–water partition coefficient (Wildman–Crippen LogP) is 5.69. The lowest BCUT2D eigenvalue weighted by Gasteiger charge is -2.12. The fourth-order valence-corrected chi connectivity index (χ4v) is 4.30. The fraction of sp³-hybridized carbons (Fsp3) is 0.400. The van der Waals surface area contributed by atoms with Gasteiger partial charge in [0.1, 0.15) is 0 Å². The van der Waals surface area contributed by atoms with Crippen molar-refractivity contribution in [2.24, 2.45) is 16.5 Å². The Morgan fingerprint density at radius 3 is 2.52 bits per heavy atom. The molecule has 1 aliphatic carbocycles. The van der Waals surface area contributed by atoms with Crippen molar-refractivity contribution in [2.75, 3.05) is 16.6 Å². The number of nitrogens with two attached hydrogens (primary N) is 1. The number of rotatable bonds is 7. The molecule has 0 radical (unpaired) electrons. The average molecular weight is 376 g/mol. The van der Waals surface area contributed by atoms with Crippen molar-refractivity contribution < 1.29 is 0 Å². The molecule has 134 valence electrons. The maximum absolute atomic E-state index is 6.17. The predicted molar refractivity (Wildman–Crippen MR) is 111 cm³/mol. The first-order valence-corrected chi connectivity index (χ1v) is 9.97. The molecule has 2 atom stereocenters. The Balaban J connectivity index is 1.68. The van der Waals surface area contributed by atoms with Crippen molar-refractivity contribution >= 4 is 35.1 Å². The first kappa shape index (κ1) is 18.4. The Morgan fingerprint density at radius 1 is 1.16 bits per heavy atom. The van der Waals surface area contributed by atoms with Crippen LogP contribution in [0.15, 0.2) is 42.5 Å². The summed E-state index contributed by atoms with van der Waals surface area (Å²) in [6.07, 6.45) is 1.00. The Bertz CT molecular complexity index is 730. The molecule has 4 N–H and O–H groups in total. The van der Waals surface area contributed by atoms with Gasteiger partial charge in [-0.05, 0) is 59.1 Å². The van der Waals surface area contributed by atoms with E-state index in [4.69, 9.17) is 16.7 Å².